The number of amides is 1. The number of rotatable bonds is 8. The van der Waals surface area contributed by atoms with Crippen LogP contribution in [0.4, 0.5) is 0 Å². The SMILES string of the molecule is CCC(CC)(CNC(=O)C(C)(CC)CN)SC. The van der Waals surface area contributed by atoms with Gasteiger partial charge in [0.1, 0.15) is 0 Å². The summed E-state index contributed by atoms with van der Waals surface area (Å²) in [6, 6.07) is 0. The first-order chi connectivity index (χ1) is 7.93. The molecule has 3 N–H and O–H groups in total. The van der Waals surface area contributed by atoms with Gasteiger partial charge in [-0.05, 0) is 32.4 Å². The summed E-state index contributed by atoms with van der Waals surface area (Å²) in [5, 5.41) is 3.08. The van der Waals surface area contributed by atoms with Crippen molar-refractivity contribution >= 4 is 17.7 Å². The maximum atomic E-state index is 12.1. The van der Waals surface area contributed by atoms with Crippen LogP contribution in [0.5, 0.6) is 0 Å². The molecule has 0 aromatic heterocycles. The minimum absolute atomic E-state index is 0.0859. The Hall–Kier alpha value is -0.220. The van der Waals surface area contributed by atoms with E-state index >= 15 is 0 Å². The van der Waals surface area contributed by atoms with Gasteiger partial charge in [-0.15, -0.1) is 0 Å². The number of nitrogens with one attached hydrogen (secondary N) is 1. The molecule has 1 amide bonds. The van der Waals surface area contributed by atoms with Crippen molar-refractivity contribution in [3.8, 4) is 0 Å². The normalized spacial score (nSPS) is 15.4. The van der Waals surface area contributed by atoms with Gasteiger partial charge in [0.15, 0.2) is 0 Å². The highest BCUT2D eigenvalue weighted by atomic mass is 32.2. The number of carbonyl (C=O) groups is 1. The quantitative estimate of drug-likeness (QED) is 0.704. The lowest BCUT2D eigenvalue weighted by Crippen LogP contribution is -2.48. The predicted molar refractivity (Wildman–Crippen MR) is 77.3 cm³/mol. The average molecular weight is 260 g/mol. The van der Waals surface area contributed by atoms with Crippen molar-refractivity contribution < 1.29 is 4.79 Å². The summed E-state index contributed by atoms with van der Waals surface area (Å²) in [5.41, 5.74) is 5.26. The summed E-state index contributed by atoms with van der Waals surface area (Å²) in [6.07, 6.45) is 5.02. The smallest absolute Gasteiger partial charge is 0.227 e. The van der Waals surface area contributed by atoms with Gasteiger partial charge in [-0.3, -0.25) is 4.79 Å². The lowest BCUT2D eigenvalue weighted by atomic mass is 9.86. The van der Waals surface area contributed by atoms with E-state index < -0.39 is 5.41 Å². The first-order valence-electron chi connectivity index (χ1n) is 6.47. The molecule has 102 valence electrons. The van der Waals surface area contributed by atoms with E-state index in [1.807, 2.05) is 25.6 Å². The first-order valence-corrected chi connectivity index (χ1v) is 7.69. The van der Waals surface area contributed by atoms with Gasteiger partial charge in [0, 0.05) is 17.8 Å². The van der Waals surface area contributed by atoms with Crippen LogP contribution in [0.15, 0.2) is 0 Å². The first kappa shape index (κ1) is 16.8. The van der Waals surface area contributed by atoms with E-state index in [1.54, 1.807) is 0 Å². The van der Waals surface area contributed by atoms with Crippen LogP contribution in [0.3, 0.4) is 0 Å². The third kappa shape index (κ3) is 4.18. The van der Waals surface area contributed by atoms with E-state index in [2.05, 4.69) is 25.4 Å². The van der Waals surface area contributed by atoms with Crippen molar-refractivity contribution in [3.05, 3.63) is 0 Å². The Bertz CT molecular complexity index is 227. The van der Waals surface area contributed by atoms with E-state index in [0.29, 0.717) is 6.54 Å². The number of carbonyl (C=O) groups excluding carboxylic acids is 1. The van der Waals surface area contributed by atoms with Crippen LogP contribution in [-0.2, 0) is 4.79 Å². The van der Waals surface area contributed by atoms with Gasteiger partial charge in [0.2, 0.25) is 5.91 Å². The number of hydrogen-bond donors (Lipinski definition) is 2. The average Bonchev–Trinajstić information content (AvgIpc) is 2.39. The van der Waals surface area contributed by atoms with Crippen LogP contribution >= 0.6 is 11.8 Å². The molecule has 0 bridgehead atoms. The lowest BCUT2D eigenvalue weighted by molar-refractivity contribution is -0.130. The lowest BCUT2D eigenvalue weighted by Gasteiger charge is -2.32. The topological polar surface area (TPSA) is 55.1 Å². The summed E-state index contributed by atoms with van der Waals surface area (Å²) in [5.74, 6) is 0.0859. The van der Waals surface area contributed by atoms with Crippen molar-refractivity contribution in [2.45, 2.75) is 51.7 Å². The molecular weight excluding hydrogens is 232 g/mol. The Kier molecular flexibility index (Phi) is 7.17. The van der Waals surface area contributed by atoms with Gasteiger partial charge in [0.05, 0.1) is 5.41 Å². The highest BCUT2D eigenvalue weighted by Crippen LogP contribution is 2.30. The maximum Gasteiger partial charge on any atom is 0.227 e. The summed E-state index contributed by atoms with van der Waals surface area (Å²) in [7, 11) is 0. The molecule has 0 saturated carbocycles. The van der Waals surface area contributed by atoms with E-state index in [-0.39, 0.29) is 10.7 Å². The zero-order valence-corrected chi connectivity index (χ0v) is 12.7. The summed E-state index contributed by atoms with van der Waals surface area (Å²) in [6.45, 7) is 9.42. The molecule has 0 saturated heterocycles. The number of thioether (sulfide) groups is 1. The van der Waals surface area contributed by atoms with Crippen LogP contribution in [0.25, 0.3) is 0 Å². The van der Waals surface area contributed by atoms with E-state index in [1.165, 1.54) is 0 Å². The minimum atomic E-state index is -0.425. The second-order valence-corrected chi connectivity index (χ2v) is 6.17. The molecule has 3 nitrogen and oxygen atoms in total. The number of hydrogen-bond acceptors (Lipinski definition) is 3. The molecule has 4 heteroatoms. The molecule has 0 aliphatic rings. The van der Waals surface area contributed by atoms with Gasteiger partial charge in [0.25, 0.3) is 0 Å². The molecule has 0 aromatic carbocycles. The van der Waals surface area contributed by atoms with Crippen molar-refractivity contribution in [2.24, 2.45) is 11.1 Å². The standard InChI is InChI=1S/C13H28N2OS/c1-6-12(4,9-14)11(16)15-10-13(7-2,8-3)17-5/h6-10,14H2,1-5H3,(H,15,16). The van der Waals surface area contributed by atoms with Crippen molar-refractivity contribution in [1.82, 2.24) is 5.32 Å². The Morgan fingerprint density at radius 2 is 1.76 bits per heavy atom. The zero-order valence-electron chi connectivity index (χ0n) is 11.9. The van der Waals surface area contributed by atoms with Gasteiger partial charge < -0.3 is 11.1 Å². The molecule has 0 heterocycles. The number of nitrogens with two attached hydrogens (primary N) is 1. The summed E-state index contributed by atoms with van der Waals surface area (Å²) in [4.78, 5) is 12.1. The van der Waals surface area contributed by atoms with Gasteiger partial charge in [-0.2, -0.15) is 11.8 Å². The van der Waals surface area contributed by atoms with Crippen LogP contribution in [-0.4, -0.2) is 30.0 Å². The molecule has 0 aromatic rings. The predicted octanol–water partition coefficient (Wildman–Crippen LogP) is 2.40. The van der Waals surface area contributed by atoms with Crippen LogP contribution in [0, 0.1) is 5.41 Å². The van der Waals surface area contributed by atoms with Crippen molar-refractivity contribution in [2.75, 3.05) is 19.3 Å². The maximum absolute atomic E-state index is 12.1. The molecule has 0 spiro atoms. The minimum Gasteiger partial charge on any atom is -0.354 e. The third-order valence-electron chi connectivity index (χ3n) is 4.07. The van der Waals surface area contributed by atoms with Gasteiger partial charge >= 0.3 is 0 Å². The Labute approximate surface area is 110 Å². The molecule has 0 rings (SSSR count). The van der Waals surface area contributed by atoms with E-state index in [9.17, 15) is 4.79 Å². The molecule has 17 heavy (non-hydrogen) atoms. The van der Waals surface area contributed by atoms with Crippen LogP contribution in [0.1, 0.15) is 47.0 Å². The second kappa shape index (κ2) is 7.27. The van der Waals surface area contributed by atoms with Crippen LogP contribution < -0.4 is 11.1 Å². The molecule has 0 radical (unpaired) electrons. The van der Waals surface area contributed by atoms with Gasteiger partial charge in [-0.1, -0.05) is 20.8 Å². The van der Waals surface area contributed by atoms with Crippen LogP contribution in [0.2, 0.25) is 0 Å². The Morgan fingerprint density at radius 1 is 1.24 bits per heavy atom. The molecule has 1 unspecified atom stereocenters. The highest BCUT2D eigenvalue weighted by Gasteiger charge is 2.32. The molecule has 1 atom stereocenters. The molecule has 0 fully saturated rings. The fourth-order valence-electron chi connectivity index (χ4n) is 1.71. The monoisotopic (exact) mass is 260 g/mol. The Balaban J connectivity index is 4.50. The summed E-state index contributed by atoms with van der Waals surface area (Å²) < 4.78 is 0.166. The molecular formula is C13H28N2OS. The van der Waals surface area contributed by atoms with E-state index in [0.717, 1.165) is 25.8 Å². The second-order valence-electron chi connectivity index (χ2n) is 4.90. The molecule has 0 aliphatic heterocycles. The largest absolute Gasteiger partial charge is 0.354 e. The van der Waals surface area contributed by atoms with E-state index in [4.69, 9.17) is 5.73 Å². The Morgan fingerprint density at radius 3 is 2.06 bits per heavy atom. The molecule has 0 aliphatic carbocycles. The summed E-state index contributed by atoms with van der Waals surface area (Å²) >= 11 is 1.84. The zero-order chi connectivity index (χ0) is 13.5. The fraction of sp³-hybridized carbons (Fsp3) is 0.923. The highest BCUT2D eigenvalue weighted by molar-refractivity contribution is 8.00. The van der Waals surface area contributed by atoms with Gasteiger partial charge in [-0.25, -0.2) is 0 Å². The van der Waals surface area contributed by atoms with Crippen molar-refractivity contribution in [1.29, 1.82) is 0 Å². The third-order valence-corrected chi connectivity index (χ3v) is 5.66. The van der Waals surface area contributed by atoms with Crippen molar-refractivity contribution in [3.63, 3.8) is 0 Å². The fourth-order valence-corrected chi connectivity index (χ4v) is 2.51.